The van der Waals surface area contributed by atoms with Gasteiger partial charge in [-0.25, -0.2) is 0 Å². The number of benzene rings is 1. The zero-order valence-electron chi connectivity index (χ0n) is 12.9. The van der Waals surface area contributed by atoms with Crippen LogP contribution in [0.1, 0.15) is 49.5 Å². The van der Waals surface area contributed by atoms with Gasteiger partial charge in [0.05, 0.1) is 5.38 Å². The molecule has 0 aromatic heterocycles. The van der Waals surface area contributed by atoms with E-state index in [4.69, 9.17) is 11.6 Å². The lowest BCUT2D eigenvalue weighted by molar-refractivity contribution is -0.121. The Balaban J connectivity index is 2.33. The van der Waals surface area contributed by atoms with Crippen LogP contribution >= 0.6 is 11.6 Å². The van der Waals surface area contributed by atoms with Crippen molar-refractivity contribution in [2.24, 2.45) is 5.92 Å². The molecule has 114 valence electrons. The van der Waals surface area contributed by atoms with E-state index in [9.17, 15) is 9.59 Å². The fraction of sp³-hybridized carbons (Fsp3) is 0.529. The Labute approximate surface area is 131 Å². The largest absolute Gasteiger partial charge is 0.312 e. The highest BCUT2D eigenvalue weighted by Gasteiger charge is 2.25. The van der Waals surface area contributed by atoms with Crippen molar-refractivity contribution in [3.63, 3.8) is 0 Å². The van der Waals surface area contributed by atoms with Crippen LogP contribution < -0.4 is 4.90 Å². The second-order valence-electron chi connectivity index (χ2n) is 5.83. The molecule has 0 saturated carbocycles. The van der Waals surface area contributed by atoms with E-state index in [0.717, 1.165) is 30.6 Å². The first kappa shape index (κ1) is 16.0. The van der Waals surface area contributed by atoms with Gasteiger partial charge < -0.3 is 4.90 Å². The predicted octanol–water partition coefficient (Wildman–Crippen LogP) is 3.82. The highest BCUT2D eigenvalue weighted by atomic mass is 35.5. The number of Topliss-reactive ketones (excluding diaryl/α,β-unsaturated/α-hetero) is 1. The molecule has 0 saturated heterocycles. The zero-order chi connectivity index (χ0) is 15.6. The minimum Gasteiger partial charge on any atom is -0.312 e. The Morgan fingerprint density at radius 3 is 2.67 bits per heavy atom. The number of halogens is 1. The van der Waals surface area contributed by atoms with Gasteiger partial charge in [-0.05, 0) is 43.0 Å². The molecular formula is C17H22ClNO2. The summed E-state index contributed by atoms with van der Waals surface area (Å²) >= 11 is 6.04. The van der Waals surface area contributed by atoms with E-state index in [1.165, 1.54) is 0 Å². The minimum absolute atomic E-state index is 0.0235. The third kappa shape index (κ3) is 3.29. The molecule has 1 unspecified atom stereocenters. The van der Waals surface area contributed by atoms with Gasteiger partial charge in [0.1, 0.15) is 0 Å². The average molecular weight is 308 g/mol. The predicted molar refractivity (Wildman–Crippen MR) is 86.2 cm³/mol. The van der Waals surface area contributed by atoms with E-state index in [-0.39, 0.29) is 17.6 Å². The monoisotopic (exact) mass is 307 g/mol. The number of amides is 1. The number of alkyl halides is 1. The first-order chi connectivity index (χ1) is 9.95. The second kappa shape index (κ2) is 6.61. The Kier molecular flexibility index (Phi) is 5.04. The normalized spacial score (nSPS) is 15.8. The molecule has 0 bridgehead atoms. The minimum atomic E-state index is -0.472. The van der Waals surface area contributed by atoms with Gasteiger partial charge in [0.15, 0.2) is 5.78 Å². The number of ketones is 1. The van der Waals surface area contributed by atoms with Crippen molar-refractivity contribution in [3.8, 4) is 0 Å². The van der Waals surface area contributed by atoms with Gasteiger partial charge in [0.25, 0.3) is 0 Å². The molecule has 1 heterocycles. The standard InChI is InChI=1S/C17H22ClNO2/c1-4-14(18)16(20)13-7-8-15-12(10-13)6-5-9-19(15)17(21)11(2)3/h7-8,10-11,14H,4-6,9H2,1-3H3. The molecule has 1 aromatic carbocycles. The van der Waals surface area contributed by atoms with Crippen molar-refractivity contribution in [2.75, 3.05) is 11.4 Å². The van der Waals surface area contributed by atoms with Gasteiger partial charge in [-0.15, -0.1) is 11.6 Å². The van der Waals surface area contributed by atoms with Gasteiger partial charge in [0, 0.05) is 23.7 Å². The lowest BCUT2D eigenvalue weighted by atomic mass is 9.95. The van der Waals surface area contributed by atoms with Crippen molar-refractivity contribution in [1.29, 1.82) is 0 Å². The third-order valence-corrected chi connectivity index (χ3v) is 4.39. The molecule has 1 aliphatic rings. The number of hydrogen-bond acceptors (Lipinski definition) is 2. The summed E-state index contributed by atoms with van der Waals surface area (Å²) < 4.78 is 0. The van der Waals surface area contributed by atoms with E-state index in [1.54, 1.807) is 6.07 Å². The van der Waals surface area contributed by atoms with Crippen LogP contribution in [0.15, 0.2) is 18.2 Å². The molecule has 0 spiro atoms. The van der Waals surface area contributed by atoms with E-state index in [2.05, 4.69) is 0 Å². The Bertz CT molecular complexity index is 554. The summed E-state index contributed by atoms with van der Waals surface area (Å²) in [6, 6.07) is 5.59. The number of hydrogen-bond donors (Lipinski definition) is 0. The van der Waals surface area contributed by atoms with E-state index in [1.807, 2.05) is 37.8 Å². The van der Waals surface area contributed by atoms with E-state index in [0.29, 0.717) is 12.0 Å². The van der Waals surface area contributed by atoms with Crippen LogP contribution in [0.3, 0.4) is 0 Å². The molecule has 3 nitrogen and oxygen atoms in total. The number of aryl methyl sites for hydroxylation is 1. The van der Waals surface area contributed by atoms with Gasteiger partial charge in [-0.1, -0.05) is 20.8 Å². The SMILES string of the molecule is CCC(Cl)C(=O)c1ccc2c(c1)CCCN2C(=O)C(C)C. The fourth-order valence-electron chi connectivity index (χ4n) is 2.66. The first-order valence-electron chi connectivity index (χ1n) is 7.58. The van der Waals surface area contributed by atoms with Crippen LogP contribution in [-0.2, 0) is 11.2 Å². The van der Waals surface area contributed by atoms with Crippen LogP contribution in [0.25, 0.3) is 0 Å². The molecule has 1 aromatic rings. The Morgan fingerprint density at radius 1 is 1.33 bits per heavy atom. The molecule has 4 heteroatoms. The molecule has 0 aliphatic carbocycles. The smallest absolute Gasteiger partial charge is 0.229 e. The molecule has 1 aliphatic heterocycles. The Morgan fingerprint density at radius 2 is 2.05 bits per heavy atom. The molecule has 0 radical (unpaired) electrons. The van der Waals surface area contributed by atoms with Gasteiger partial charge in [-0.3, -0.25) is 9.59 Å². The maximum absolute atomic E-state index is 12.3. The highest BCUT2D eigenvalue weighted by Crippen LogP contribution is 2.30. The van der Waals surface area contributed by atoms with Crippen molar-refractivity contribution < 1.29 is 9.59 Å². The lowest BCUT2D eigenvalue weighted by Gasteiger charge is -2.31. The summed E-state index contributed by atoms with van der Waals surface area (Å²) in [5.41, 5.74) is 2.66. The van der Waals surface area contributed by atoms with Crippen LogP contribution in [0.4, 0.5) is 5.69 Å². The summed E-state index contributed by atoms with van der Waals surface area (Å²) in [7, 11) is 0. The van der Waals surface area contributed by atoms with Crippen LogP contribution in [-0.4, -0.2) is 23.6 Å². The maximum Gasteiger partial charge on any atom is 0.229 e. The Hall–Kier alpha value is -1.35. The molecular weight excluding hydrogens is 286 g/mol. The summed E-state index contributed by atoms with van der Waals surface area (Å²) in [5.74, 6) is 0.0812. The maximum atomic E-state index is 12.3. The van der Waals surface area contributed by atoms with E-state index < -0.39 is 5.38 Å². The van der Waals surface area contributed by atoms with Crippen molar-refractivity contribution in [1.82, 2.24) is 0 Å². The quantitative estimate of drug-likeness (QED) is 0.626. The van der Waals surface area contributed by atoms with Crippen molar-refractivity contribution >= 4 is 29.0 Å². The lowest BCUT2D eigenvalue weighted by Crippen LogP contribution is -2.38. The summed E-state index contributed by atoms with van der Waals surface area (Å²) in [5, 5.41) is -0.472. The number of carbonyl (C=O) groups is 2. The van der Waals surface area contributed by atoms with Crippen LogP contribution in [0, 0.1) is 5.92 Å². The summed E-state index contributed by atoms with van der Waals surface area (Å²) in [6.45, 7) is 6.48. The highest BCUT2D eigenvalue weighted by molar-refractivity contribution is 6.33. The van der Waals surface area contributed by atoms with Crippen LogP contribution in [0.5, 0.6) is 0 Å². The number of nitrogens with zero attached hydrogens (tertiary/aromatic N) is 1. The second-order valence-corrected chi connectivity index (χ2v) is 6.36. The molecule has 0 N–H and O–H groups in total. The number of anilines is 1. The number of fused-ring (bicyclic) bond motifs is 1. The van der Waals surface area contributed by atoms with Gasteiger partial charge >= 0.3 is 0 Å². The van der Waals surface area contributed by atoms with Crippen molar-refractivity contribution in [2.45, 2.75) is 45.4 Å². The molecule has 2 rings (SSSR count). The topological polar surface area (TPSA) is 37.4 Å². The number of carbonyl (C=O) groups excluding carboxylic acids is 2. The van der Waals surface area contributed by atoms with E-state index >= 15 is 0 Å². The van der Waals surface area contributed by atoms with Gasteiger partial charge in [-0.2, -0.15) is 0 Å². The summed E-state index contributed by atoms with van der Waals surface area (Å²) in [6.07, 6.45) is 2.45. The average Bonchev–Trinajstić information content (AvgIpc) is 2.51. The zero-order valence-corrected chi connectivity index (χ0v) is 13.6. The fourth-order valence-corrected chi connectivity index (χ4v) is 2.78. The van der Waals surface area contributed by atoms with Gasteiger partial charge in [0.2, 0.25) is 5.91 Å². The molecule has 0 fully saturated rings. The van der Waals surface area contributed by atoms with Crippen LogP contribution in [0.2, 0.25) is 0 Å². The summed E-state index contributed by atoms with van der Waals surface area (Å²) in [4.78, 5) is 26.3. The third-order valence-electron chi connectivity index (χ3n) is 3.89. The molecule has 1 amide bonds. The first-order valence-corrected chi connectivity index (χ1v) is 8.02. The van der Waals surface area contributed by atoms with Crippen molar-refractivity contribution in [3.05, 3.63) is 29.3 Å². The molecule has 21 heavy (non-hydrogen) atoms. The number of rotatable bonds is 4. The molecule has 1 atom stereocenters.